The van der Waals surface area contributed by atoms with Crippen molar-refractivity contribution in [3.05, 3.63) is 39.8 Å². The number of nitrogen functional groups attached to an aromatic ring is 1. The van der Waals surface area contributed by atoms with Gasteiger partial charge in [0.2, 0.25) is 0 Å². The van der Waals surface area contributed by atoms with Gasteiger partial charge in [-0.25, -0.2) is 4.79 Å². The molecule has 1 rings (SSSR count). The Hall–Kier alpha value is -2.64. The van der Waals surface area contributed by atoms with E-state index in [9.17, 15) is 4.79 Å². The van der Waals surface area contributed by atoms with Crippen molar-refractivity contribution < 1.29 is 9.90 Å². The van der Waals surface area contributed by atoms with Crippen molar-refractivity contribution >= 4 is 11.7 Å². The fraction of sp³-hybridized carbons (Fsp3) is 0.100. The highest BCUT2D eigenvalue weighted by Gasteiger charge is 2.08. The lowest BCUT2D eigenvalue weighted by atomic mass is 10.1. The van der Waals surface area contributed by atoms with Gasteiger partial charge in [0.25, 0.3) is 0 Å². The standard InChI is InChI=1S/C10H8N4O2/c11-9-7(4-2-6-13-14-12)3-1-5-8(9)10(15)16/h1,3,5H,6,11H2,(H,15,16). The van der Waals surface area contributed by atoms with Crippen LogP contribution in [0.1, 0.15) is 15.9 Å². The fourth-order valence-electron chi connectivity index (χ4n) is 1.06. The molecule has 0 fully saturated rings. The van der Waals surface area contributed by atoms with Crippen molar-refractivity contribution in [3.8, 4) is 11.8 Å². The normalized spacial score (nSPS) is 8.50. The van der Waals surface area contributed by atoms with Crippen LogP contribution in [-0.2, 0) is 0 Å². The molecule has 0 atom stereocenters. The molecule has 0 heterocycles. The Balaban J connectivity index is 3.04. The zero-order valence-corrected chi connectivity index (χ0v) is 8.21. The van der Waals surface area contributed by atoms with E-state index in [0.29, 0.717) is 5.56 Å². The maximum absolute atomic E-state index is 10.8. The van der Waals surface area contributed by atoms with Crippen molar-refractivity contribution in [1.82, 2.24) is 0 Å². The number of nitrogens with zero attached hydrogens (tertiary/aromatic N) is 3. The lowest BCUT2D eigenvalue weighted by Gasteiger charge is -2.01. The van der Waals surface area contributed by atoms with Crippen LogP contribution < -0.4 is 5.73 Å². The topological polar surface area (TPSA) is 112 Å². The third-order valence-corrected chi connectivity index (χ3v) is 1.77. The first-order valence-corrected chi connectivity index (χ1v) is 4.28. The Morgan fingerprint density at radius 2 is 2.38 bits per heavy atom. The number of carbonyl (C=O) groups is 1. The lowest BCUT2D eigenvalue weighted by molar-refractivity contribution is 0.0698. The molecule has 6 nitrogen and oxygen atoms in total. The highest BCUT2D eigenvalue weighted by Crippen LogP contribution is 2.16. The molecule has 16 heavy (non-hydrogen) atoms. The number of benzene rings is 1. The SMILES string of the molecule is [N-]=[N+]=NCC#Cc1cccc(C(=O)O)c1N. The number of nitrogens with two attached hydrogens (primary N) is 1. The summed E-state index contributed by atoms with van der Waals surface area (Å²) < 4.78 is 0. The molecule has 0 unspecified atom stereocenters. The number of aromatic carboxylic acids is 1. The fourth-order valence-corrected chi connectivity index (χ4v) is 1.06. The first-order chi connectivity index (χ1) is 7.66. The predicted molar refractivity (Wildman–Crippen MR) is 58.7 cm³/mol. The molecule has 0 spiro atoms. The van der Waals surface area contributed by atoms with Crippen LogP contribution in [0.2, 0.25) is 0 Å². The van der Waals surface area contributed by atoms with Gasteiger partial charge in [0.1, 0.15) is 0 Å². The summed E-state index contributed by atoms with van der Waals surface area (Å²) in [5, 5.41) is 12.0. The summed E-state index contributed by atoms with van der Waals surface area (Å²) >= 11 is 0. The number of hydrogen-bond acceptors (Lipinski definition) is 3. The number of anilines is 1. The van der Waals surface area contributed by atoms with Crippen LogP contribution in [0.25, 0.3) is 10.4 Å². The second kappa shape index (κ2) is 5.29. The molecule has 3 N–H and O–H groups in total. The van der Waals surface area contributed by atoms with Crippen LogP contribution in [-0.4, -0.2) is 17.6 Å². The third-order valence-electron chi connectivity index (χ3n) is 1.77. The molecule has 0 radical (unpaired) electrons. The van der Waals surface area contributed by atoms with E-state index in [1.54, 1.807) is 12.1 Å². The smallest absolute Gasteiger partial charge is 0.337 e. The number of carboxylic acid groups (broad SMARTS) is 1. The van der Waals surface area contributed by atoms with Crippen LogP contribution in [0.5, 0.6) is 0 Å². The number of para-hydroxylation sites is 1. The largest absolute Gasteiger partial charge is 0.478 e. The molecule has 80 valence electrons. The minimum absolute atomic E-state index is 0.00980. The summed E-state index contributed by atoms with van der Waals surface area (Å²) in [6.45, 7) is 0.0211. The first-order valence-electron chi connectivity index (χ1n) is 4.28. The highest BCUT2D eigenvalue weighted by molar-refractivity contribution is 5.95. The maximum atomic E-state index is 10.8. The minimum Gasteiger partial charge on any atom is -0.478 e. The number of carboxylic acids is 1. The van der Waals surface area contributed by atoms with E-state index in [1.807, 2.05) is 0 Å². The van der Waals surface area contributed by atoms with E-state index in [4.69, 9.17) is 16.4 Å². The Morgan fingerprint density at radius 3 is 3.00 bits per heavy atom. The summed E-state index contributed by atoms with van der Waals surface area (Å²) in [4.78, 5) is 13.3. The average Bonchev–Trinajstić information content (AvgIpc) is 2.26. The van der Waals surface area contributed by atoms with Crippen molar-refractivity contribution in [1.29, 1.82) is 0 Å². The molecule has 1 aromatic rings. The van der Waals surface area contributed by atoms with Gasteiger partial charge in [0.05, 0.1) is 17.8 Å². The van der Waals surface area contributed by atoms with Crippen molar-refractivity contribution in [3.63, 3.8) is 0 Å². The number of hydrogen-bond donors (Lipinski definition) is 2. The van der Waals surface area contributed by atoms with E-state index < -0.39 is 5.97 Å². The van der Waals surface area contributed by atoms with Gasteiger partial charge in [-0.1, -0.05) is 23.0 Å². The molecule has 0 saturated carbocycles. The Morgan fingerprint density at radius 1 is 1.62 bits per heavy atom. The Labute approximate surface area is 91.3 Å². The molecule has 0 aliphatic carbocycles. The molecular weight excluding hydrogens is 208 g/mol. The molecule has 0 bridgehead atoms. The van der Waals surface area contributed by atoms with Gasteiger partial charge in [-0.2, -0.15) is 0 Å². The predicted octanol–water partition coefficient (Wildman–Crippen LogP) is 1.63. The summed E-state index contributed by atoms with van der Waals surface area (Å²) in [6, 6.07) is 4.55. The van der Waals surface area contributed by atoms with Crippen LogP contribution in [0.3, 0.4) is 0 Å². The summed E-state index contributed by atoms with van der Waals surface area (Å²) in [6.07, 6.45) is 0. The molecule has 1 aromatic carbocycles. The molecule has 0 aliphatic heterocycles. The molecule has 0 aliphatic rings. The quantitative estimate of drug-likeness (QED) is 0.257. The summed E-state index contributed by atoms with van der Waals surface area (Å²) in [5.41, 5.74) is 14.2. The summed E-state index contributed by atoms with van der Waals surface area (Å²) in [7, 11) is 0. The van der Waals surface area contributed by atoms with Crippen LogP contribution >= 0.6 is 0 Å². The zero-order valence-electron chi connectivity index (χ0n) is 8.21. The highest BCUT2D eigenvalue weighted by atomic mass is 16.4. The van der Waals surface area contributed by atoms with Gasteiger partial charge in [0.15, 0.2) is 0 Å². The van der Waals surface area contributed by atoms with Crippen molar-refractivity contribution in [2.45, 2.75) is 0 Å². The molecule has 0 saturated heterocycles. The Bertz CT molecular complexity index is 521. The van der Waals surface area contributed by atoms with Crippen LogP contribution in [0, 0.1) is 11.8 Å². The van der Waals surface area contributed by atoms with E-state index in [1.165, 1.54) is 6.07 Å². The lowest BCUT2D eigenvalue weighted by Crippen LogP contribution is -2.03. The number of azide groups is 1. The van der Waals surface area contributed by atoms with Crippen LogP contribution in [0.15, 0.2) is 23.3 Å². The van der Waals surface area contributed by atoms with Gasteiger partial charge in [-0.3, -0.25) is 0 Å². The van der Waals surface area contributed by atoms with E-state index in [-0.39, 0.29) is 17.8 Å². The average molecular weight is 216 g/mol. The van der Waals surface area contributed by atoms with Gasteiger partial charge >= 0.3 is 5.97 Å². The molecule has 0 aromatic heterocycles. The third kappa shape index (κ3) is 2.67. The van der Waals surface area contributed by atoms with Gasteiger partial charge in [0, 0.05) is 10.5 Å². The second-order valence-electron chi connectivity index (χ2n) is 2.76. The van der Waals surface area contributed by atoms with Gasteiger partial charge in [-0.15, -0.1) is 0 Å². The first kappa shape index (κ1) is 11.4. The summed E-state index contributed by atoms with van der Waals surface area (Å²) in [5.74, 6) is 4.11. The Kier molecular flexibility index (Phi) is 3.78. The van der Waals surface area contributed by atoms with Gasteiger partial charge < -0.3 is 10.8 Å². The van der Waals surface area contributed by atoms with Crippen molar-refractivity contribution in [2.75, 3.05) is 12.3 Å². The van der Waals surface area contributed by atoms with E-state index >= 15 is 0 Å². The zero-order chi connectivity index (χ0) is 12.0. The second-order valence-corrected chi connectivity index (χ2v) is 2.76. The van der Waals surface area contributed by atoms with E-state index in [2.05, 4.69) is 21.9 Å². The molecule has 0 amide bonds. The van der Waals surface area contributed by atoms with Gasteiger partial charge in [-0.05, 0) is 17.7 Å². The molecule has 6 heteroatoms. The van der Waals surface area contributed by atoms with Crippen molar-refractivity contribution in [2.24, 2.45) is 5.11 Å². The number of rotatable bonds is 2. The van der Waals surface area contributed by atoms with Crippen LogP contribution in [0.4, 0.5) is 5.69 Å². The minimum atomic E-state index is -1.10. The maximum Gasteiger partial charge on any atom is 0.337 e. The molecular formula is C10H8N4O2. The monoisotopic (exact) mass is 216 g/mol. The van der Waals surface area contributed by atoms with E-state index in [0.717, 1.165) is 0 Å².